The van der Waals surface area contributed by atoms with Gasteiger partial charge in [-0.1, -0.05) is 0 Å². The van der Waals surface area contributed by atoms with Gasteiger partial charge >= 0.3 is 0 Å². The van der Waals surface area contributed by atoms with Crippen LogP contribution in [0.15, 0.2) is 29.4 Å². The quantitative estimate of drug-likeness (QED) is 0.541. The molecule has 2 aromatic heterocycles. The van der Waals surface area contributed by atoms with E-state index in [9.17, 15) is 0 Å². The Kier molecular flexibility index (Phi) is 4.71. The Balaban J connectivity index is 2.03. The fraction of sp³-hybridized carbons (Fsp3) is 0.235. The van der Waals surface area contributed by atoms with Gasteiger partial charge in [0.15, 0.2) is 17.3 Å². The number of rotatable bonds is 5. The maximum absolute atomic E-state index is 5.35. The molecule has 2 heterocycles. The average molecular weight is 357 g/mol. The fourth-order valence-electron chi connectivity index (χ4n) is 2.56. The van der Waals surface area contributed by atoms with Gasteiger partial charge in [-0.15, -0.1) is 0 Å². The van der Waals surface area contributed by atoms with Crippen molar-refractivity contribution in [1.29, 1.82) is 0 Å². The maximum atomic E-state index is 5.35. The number of hydrogen-bond acceptors (Lipinski definition) is 5. The van der Waals surface area contributed by atoms with Crippen LogP contribution < -0.4 is 9.47 Å². The summed E-state index contributed by atoms with van der Waals surface area (Å²) in [6.45, 7) is 4.00. The predicted octanol–water partition coefficient (Wildman–Crippen LogP) is 3.45. The van der Waals surface area contributed by atoms with Crippen LogP contribution in [0.1, 0.15) is 17.0 Å². The number of H-pyrrole nitrogens is 2. The van der Waals surface area contributed by atoms with Crippen molar-refractivity contribution in [3.8, 4) is 22.9 Å². The van der Waals surface area contributed by atoms with E-state index >= 15 is 0 Å². The van der Waals surface area contributed by atoms with Crippen molar-refractivity contribution < 1.29 is 9.47 Å². The lowest BCUT2D eigenvalue weighted by Gasteiger charge is -2.09. The van der Waals surface area contributed by atoms with E-state index in [1.54, 1.807) is 25.1 Å². The van der Waals surface area contributed by atoms with Crippen LogP contribution in [0.4, 0.5) is 0 Å². The van der Waals surface area contributed by atoms with Crippen molar-refractivity contribution >= 4 is 18.4 Å². The van der Waals surface area contributed by atoms with Gasteiger partial charge in [0.2, 0.25) is 4.77 Å². The molecule has 2 N–H and O–H groups in total. The molecule has 0 saturated heterocycles. The molecule has 3 rings (SSSR count). The smallest absolute Gasteiger partial charge is 0.216 e. The standard InChI is InChI=1S/C17H19N5O2S/c1-10-7-13(11(2)19-10)9-18-22-16(20-21-17(22)25)12-5-6-14(23-3)15(8-12)24-4/h5-9,19H,1-4H3,(H,21,25)/b18-9+. The minimum absolute atomic E-state index is 0.408. The van der Waals surface area contributed by atoms with Gasteiger partial charge in [0.1, 0.15) is 0 Å². The van der Waals surface area contributed by atoms with E-state index in [-0.39, 0.29) is 0 Å². The lowest BCUT2D eigenvalue weighted by Crippen LogP contribution is -1.97. The summed E-state index contributed by atoms with van der Waals surface area (Å²) in [5.74, 6) is 1.85. The molecule has 0 saturated carbocycles. The number of nitrogens with zero attached hydrogens (tertiary/aromatic N) is 3. The van der Waals surface area contributed by atoms with Crippen LogP contribution in [-0.2, 0) is 0 Å². The maximum Gasteiger partial charge on any atom is 0.216 e. The normalized spacial score (nSPS) is 11.2. The number of benzene rings is 1. The molecule has 25 heavy (non-hydrogen) atoms. The SMILES string of the molecule is COc1ccc(-c2n[nH]c(=S)n2/N=C/c2cc(C)[nH]c2C)cc1OC. The summed E-state index contributed by atoms with van der Waals surface area (Å²) in [4.78, 5) is 3.25. The lowest BCUT2D eigenvalue weighted by molar-refractivity contribution is 0.355. The Labute approximate surface area is 150 Å². The summed E-state index contributed by atoms with van der Waals surface area (Å²) < 4.78 is 12.6. The minimum atomic E-state index is 0.408. The second kappa shape index (κ2) is 6.94. The van der Waals surface area contributed by atoms with Crippen LogP contribution in [0, 0.1) is 18.6 Å². The Bertz CT molecular complexity index is 983. The number of hydrogen-bond donors (Lipinski definition) is 2. The zero-order chi connectivity index (χ0) is 18.0. The Morgan fingerprint density at radius 2 is 1.92 bits per heavy atom. The van der Waals surface area contributed by atoms with Crippen molar-refractivity contribution in [3.05, 3.63) is 46.0 Å². The molecular weight excluding hydrogens is 338 g/mol. The lowest BCUT2D eigenvalue weighted by atomic mass is 10.2. The van der Waals surface area contributed by atoms with Gasteiger partial charge in [-0.3, -0.25) is 0 Å². The molecule has 0 aliphatic carbocycles. The second-order valence-corrected chi connectivity index (χ2v) is 5.90. The van der Waals surface area contributed by atoms with E-state index in [0.29, 0.717) is 22.1 Å². The van der Waals surface area contributed by atoms with Crippen LogP contribution in [-0.4, -0.2) is 40.3 Å². The molecule has 0 bridgehead atoms. The highest BCUT2D eigenvalue weighted by atomic mass is 32.1. The first kappa shape index (κ1) is 17.0. The van der Waals surface area contributed by atoms with Crippen LogP contribution in [0.25, 0.3) is 11.4 Å². The topological polar surface area (TPSA) is 80.2 Å². The van der Waals surface area contributed by atoms with E-state index in [1.165, 1.54) is 0 Å². The molecule has 0 unspecified atom stereocenters. The van der Waals surface area contributed by atoms with E-state index in [4.69, 9.17) is 21.7 Å². The third-order valence-corrected chi connectivity index (χ3v) is 4.06. The van der Waals surface area contributed by atoms with Gasteiger partial charge < -0.3 is 14.5 Å². The van der Waals surface area contributed by atoms with E-state index < -0.39 is 0 Å². The number of methoxy groups -OCH3 is 2. The molecule has 8 heteroatoms. The largest absolute Gasteiger partial charge is 0.493 e. The van der Waals surface area contributed by atoms with Crippen molar-refractivity contribution in [3.63, 3.8) is 0 Å². The Morgan fingerprint density at radius 1 is 1.16 bits per heavy atom. The third kappa shape index (κ3) is 3.34. The Hall–Kier alpha value is -2.87. The first-order chi connectivity index (χ1) is 12.0. The number of nitrogens with one attached hydrogen (secondary N) is 2. The fourth-order valence-corrected chi connectivity index (χ4v) is 2.74. The first-order valence-corrected chi connectivity index (χ1v) is 8.04. The van der Waals surface area contributed by atoms with Crippen molar-refractivity contribution in [2.75, 3.05) is 14.2 Å². The molecule has 0 radical (unpaired) electrons. The van der Waals surface area contributed by atoms with Crippen LogP contribution in [0.2, 0.25) is 0 Å². The number of aromatic amines is 2. The summed E-state index contributed by atoms with van der Waals surface area (Å²) in [5.41, 5.74) is 3.93. The van der Waals surface area contributed by atoms with Gasteiger partial charge in [-0.2, -0.15) is 14.9 Å². The van der Waals surface area contributed by atoms with Crippen molar-refractivity contribution in [1.82, 2.24) is 19.9 Å². The van der Waals surface area contributed by atoms with Gasteiger partial charge in [0.05, 0.1) is 20.4 Å². The molecule has 1 aromatic carbocycles. The highest BCUT2D eigenvalue weighted by Crippen LogP contribution is 2.31. The molecule has 7 nitrogen and oxygen atoms in total. The third-order valence-electron chi connectivity index (χ3n) is 3.79. The molecule has 0 aliphatic heterocycles. The highest BCUT2D eigenvalue weighted by Gasteiger charge is 2.12. The molecule has 130 valence electrons. The molecule has 0 amide bonds. The second-order valence-electron chi connectivity index (χ2n) is 5.51. The zero-order valence-corrected chi connectivity index (χ0v) is 15.3. The highest BCUT2D eigenvalue weighted by molar-refractivity contribution is 7.71. The monoisotopic (exact) mass is 357 g/mol. The van der Waals surface area contributed by atoms with Gasteiger partial charge in [0.25, 0.3) is 0 Å². The number of aromatic nitrogens is 4. The van der Waals surface area contributed by atoms with Gasteiger partial charge in [-0.05, 0) is 50.3 Å². The molecule has 0 fully saturated rings. The summed E-state index contributed by atoms with van der Waals surface area (Å²) in [7, 11) is 3.19. The summed E-state index contributed by atoms with van der Waals surface area (Å²) >= 11 is 5.30. The summed E-state index contributed by atoms with van der Waals surface area (Å²) in [6.07, 6.45) is 1.76. The van der Waals surface area contributed by atoms with E-state index in [2.05, 4.69) is 20.3 Å². The van der Waals surface area contributed by atoms with Crippen LogP contribution in [0.3, 0.4) is 0 Å². The summed E-state index contributed by atoms with van der Waals surface area (Å²) in [6, 6.07) is 7.56. The van der Waals surface area contributed by atoms with Crippen LogP contribution >= 0.6 is 12.2 Å². The predicted molar refractivity (Wildman–Crippen MR) is 99.2 cm³/mol. The van der Waals surface area contributed by atoms with E-state index in [0.717, 1.165) is 22.5 Å². The number of aryl methyl sites for hydroxylation is 2. The van der Waals surface area contributed by atoms with Gasteiger partial charge in [-0.25, -0.2) is 5.10 Å². The number of ether oxygens (including phenoxy) is 2. The van der Waals surface area contributed by atoms with E-state index in [1.807, 2.05) is 38.1 Å². The van der Waals surface area contributed by atoms with Gasteiger partial charge in [0, 0.05) is 22.5 Å². The molecule has 3 aromatic rings. The molecular formula is C17H19N5O2S. The van der Waals surface area contributed by atoms with Crippen molar-refractivity contribution in [2.24, 2.45) is 5.10 Å². The molecule has 0 aliphatic rings. The van der Waals surface area contributed by atoms with Crippen molar-refractivity contribution in [2.45, 2.75) is 13.8 Å². The zero-order valence-electron chi connectivity index (χ0n) is 14.5. The Morgan fingerprint density at radius 3 is 2.56 bits per heavy atom. The average Bonchev–Trinajstić information content (AvgIpc) is 3.13. The molecule has 0 atom stereocenters. The summed E-state index contributed by atoms with van der Waals surface area (Å²) in [5, 5.41) is 11.6. The first-order valence-electron chi connectivity index (χ1n) is 7.64. The molecule has 0 spiro atoms. The van der Waals surface area contributed by atoms with Crippen LogP contribution in [0.5, 0.6) is 11.5 Å². The minimum Gasteiger partial charge on any atom is -0.493 e.